The molecule has 0 unspecified atom stereocenters. The van der Waals surface area contributed by atoms with Gasteiger partial charge in [0.25, 0.3) is 0 Å². The summed E-state index contributed by atoms with van der Waals surface area (Å²) in [7, 11) is 3.11. The molecule has 222 valence electrons. The van der Waals surface area contributed by atoms with E-state index in [-0.39, 0.29) is 17.5 Å². The van der Waals surface area contributed by atoms with Crippen LogP contribution in [0.2, 0.25) is 5.02 Å². The molecule has 1 fully saturated rings. The average molecular weight is 599 g/mol. The van der Waals surface area contributed by atoms with Crippen molar-refractivity contribution in [1.82, 2.24) is 20.2 Å². The number of benzene rings is 2. The van der Waals surface area contributed by atoms with Gasteiger partial charge in [-0.25, -0.2) is 14.4 Å². The summed E-state index contributed by atoms with van der Waals surface area (Å²) in [6.45, 7) is 1.62. The molecule has 11 nitrogen and oxygen atoms in total. The topological polar surface area (TPSA) is 135 Å². The third-order valence-corrected chi connectivity index (χ3v) is 6.67. The van der Waals surface area contributed by atoms with Gasteiger partial charge >= 0.3 is 5.97 Å². The predicted molar refractivity (Wildman–Crippen MR) is 157 cm³/mol. The lowest BCUT2D eigenvalue weighted by molar-refractivity contribution is -0.141. The average Bonchev–Trinajstić information content (AvgIpc) is 3.80. The third kappa shape index (κ3) is 9.11. The summed E-state index contributed by atoms with van der Waals surface area (Å²) in [6, 6.07) is 7.61. The summed E-state index contributed by atoms with van der Waals surface area (Å²) < 4.78 is 24.3. The molecule has 0 spiro atoms. The third-order valence-electron chi connectivity index (χ3n) is 6.38. The van der Waals surface area contributed by atoms with E-state index in [1.807, 2.05) is 0 Å². The maximum absolute atomic E-state index is 13.6. The molecule has 0 bridgehead atoms. The number of anilines is 3. The van der Waals surface area contributed by atoms with E-state index in [1.165, 1.54) is 31.6 Å². The Hall–Kier alpha value is -4.29. The highest BCUT2D eigenvalue weighted by atomic mass is 35.5. The van der Waals surface area contributed by atoms with Gasteiger partial charge in [0.15, 0.2) is 0 Å². The number of rotatable bonds is 14. The van der Waals surface area contributed by atoms with Gasteiger partial charge in [-0.15, -0.1) is 0 Å². The molecule has 1 aliphatic carbocycles. The van der Waals surface area contributed by atoms with Crippen LogP contribution in [0.25, 0.3) is 10.9 Å². The molecule has 4 rings (SSSR count). The lowest BCUT2D eigenvalue weighted by Gasteiger charge is -2.15. The van der Waals surface area contributed by atoms with Crippen molar-refractivity contribution in [2.24, 2.45) is 5.92 Å². The van der Waals surface area contributed by atoms with Crippen LogP contribution in [-0.2, 0) is 19.1 Å². The predicted octanol–water partition coefficient (Wildman–Crippen LogP) is 4.06. The van der Waals surface area contributed by atoms with Crippen molar-refractivity contribution < 1.29 is 28.2 Å². The van der Waals surface area contributed by atoms with Crippen molar-refractivity contribution in [1.29, 1.82) is 0 Å². The van der Waals surface area contributed by atoms with E-state index >= 15 is 0 Å². The molecule has 1 heterocycles. The number of halogens is 2. The van der Waals surface area contributed by atoms with E-state index in [0.717, 1.165) is 25.0 Å². The van der Waals surface area contributed by atoms with Crippen molar-refractivity contribution in [2.45, 2.75) is 19.3 Å². The summed E-state index contributed by atoms with van der Waals surface area (Å²) in [5.74, 6) is -0.509. The molecule has 42 heavy (non-hydrogen) atoms. The zero-order valence-corrected chi connectivity index (χ0v) is 24.0. The second kappa shape index (κ2) is 14.6. The minimum absolute atomic E-state index is 0.0381. The first-order chi connectivity index (χ1) is 20.2. The Morgan fingerprint density at radius 1 is 1.14 bits per heavy atom. The Morgan fingerprint density at radius 2 is 1.93 bits per heavy atom. The number of aromatic nitrogens is 2. The van der Waals surface area contributed by atoms with Crippen LogP contribution >= 0.6 is 11.6 Å². The maximum Gasteiger partial charge on any atom is 0.319 e. The zero-order chi connectivity index (χ0) is 30.1. The van der Waals surface area contributed by atoms with E-state index in [1.54, 1.807) is 24.1 Å². The number of likely N-dealkylation sites (N-methyl/N-ethyl adjacent to an activating group) is 1. The van der Waals surface area contributed by atoms with Crippen LogP contribution in [0.5, 0.6) is 5.75 Å². The van der Waals surface area contributed by atoms with E-state index < -0.39 is 17.6 Å². The van der Waals surface area contributed by atoms with E-state index in [2.05, 4.69) is 30.7 Å². The van der Waals surface area contributed by atoms with E-state index in [9.17, 15) is 18.8 Å². The SMILES string of the molecule is COC(=O)CN(C)CCCNC(=O)/C=C/C(=O)Nc1cc2c(Nc3ccc(F)c(Cl)c3)ncnc2cc1OCC1CC1. The van der Waals surface area contributed by atoms with Crippen LogP contribution in [0.15, 0.2) is 48.8 Å². The largest absolute Gasteiger partial charge is 0.491 e. The number of hydrogen-bond donors (Lipinski definition) is 3. The minimum Gasteiger partial charge on any atom is -0.491 e. The zero-order valence-electron chi connectivity index (χ0n) is 23.3. The van der Waals surface area contributed by atoms with Gasteiger partial charge in [0.1, 0.15) is 23.7 Å². The Labute approximate surface area is 247 Å². The Kier molecular flexibility index (Phi) is 10.6. The molecular formula is C29H32ClFN6O5. The normalized spacial score (nSPS) is 12.9. The smallest absolute Gasteiger partial charge is 0.319 e. The second-order valence-electron chi connectivity index (χ2n) is 9.88. The highest BCUT2D eigenvalue weighted by molar-refractivity contribution is 6.31. The van der Waals surface area contributed by atoms with Crippen molar-refractivity contribution in [3.63, 3.8) is 0 Å². The molecule has 3 aromatic rings. The number of esters is 1. The molecule has 3 N–H and O–H groups in total. The summed E-state index contributed by atoms with van der Waals surface area (Å²) >= 11 is 5.92. The molecule has 0 atom stereocenters. The highest BCUT2D eigenvalue weighted by Gasteiger charge is 2.23. The van der Waals surface area contributed by atoms with Crippen molar-refractivity contribution in [3.05, 3.63) is 59.7 Å². The van der Waals surface area contributed by atoms with Gasteiger partial charge in [0, 0.05) is 42.4 Å². The summed E-state index contributed by atoms with van der Waals surface area (Å²) in [6.07, 6.45) is 6.45. The van der Waals surface area contributed by atoms with Gasteiger partial charge < -0.3 is 25.4 Å². The molecule has 0 radical (unpaired) electrons. The van der Waals surface area contributed by atoms with E-state index in [0.29, 0.717) is 65.9 Å². The van der Waals surface area contributed by atoms with Crippen molar-refractivity contribution >= 4 is 57.5 Å². The van der Waals surface area contributed by atoms with Crippen molar-refractivity contribution in [2.75, 3.05) is 51.0 Å². The van der Waals surface area contributed by atoms with Gasteiger partial charge in [-0.05, 0) is 56.5 Å². The van der Waals surface area contributed by atoms with Crippen LogP contribution in [-0.4, -0.2) is 73.1 Å². The molecule has 1 aromatic heterocycles. The quantitative estimate of drug-likeness (QED) is 0.143. The second-order valence-corrected chi connectivity index (χ2v) is 10.3. The van der Waals surface area contributed by atoms with Crippen LogP contribution in [0, 0.1) is 11.7 Å². The number of hydrogen-bond acceptors (Lipinski definition) is 9. The molecule has 0 saturated heterocycles. The van der Waals surface area contributed by atoms with Crippen LogP contribution in [0.3, 0.4) is 0 Å². The molecule has 1 aliphatic rings. The fourth-order valence-electron chi connectivity index (χ4n) is 3.91. The van der Waals surface area contributed by atoms with Gasteiger partial charge in [-0.3, -0.25) is 19.3 Å². The number of nitrogens with zero attached hydrogens (tertiary/aromatic N) is 3. The van der Waals surface area contributed by atoms with Gasteiger partial charge in [0.2, 0.25) is 11.8 Å². The number of carbonyl (C=O) groups excluding carboxylic acids is 3. The lowest BCUT2D eigenvalue weighted by Crippen LogP contribution is -2.30. The maximum atomic E-state index is 13.6. The Balaban J connectivity index is 1.42. The number of nitrogens with one attached hydrogen (secondary N) is 3. The Bertz CT molecular complexity index is 1480. The summed E-state index contributed by atoms with van der Waals surface area (Å²) in [4.78, 5) is 46.7. The fraction of sp³-hybridized carbons (Fsp3) is 0.345. The first-order valence-electron chi connectivity index (χ1n) is 13.4. The minimum atomic E-state index is -0.540. The first-order valence-corrected chi connectivity index (χ1v) is 13.8. The monoisotopic (exact) mass is 598 g/mol. The van der Waals surface area contributed by atoms with E-state index in [4.69, 9.17) is 16.3 Å². The number of methoxy groups -OCH3 is 1. The molecule has 0 aliphatic heterocycles. The van der Waals surface area contributed by atoms with Gasteiger partial charge in [-0.1, -0.05) is 11.6 Å². The summed E-state index contributed by atoms with van der Waals surface area (Å²) in [5.41, 5.74) is 1.46. The van der Waals surface area contributed by atoms with Crippen LogP contribution in [0.4, 0.5) is 21.6 Å². The van der Waals surface area contributed by atoms with Crippen LogP contribution < -0.4 is 20.7 Å². The molecule has 2 aromatic carbocycles. The number of carbonyl (C=O) groups is 3. The van der Waals surface area contributed by atoms with Crippen molar-refractivity contribution in [3.8, 4) is 5.75 Å². The standard InChI is InChI=1S/C29H32ClFN6O5/c1-37(15-28(40)41-2)11-3-10-32-26(38)8-9-27(39)36-24-13-20-23(14-25(24)42-16-18-4-5-18)33-17-34-29(20)35-19-6-7-22(31)21(30)12-19/h6-9,12-14,17-18H,3-5,10-11,15-16H2,1-2H3,(H,32,38)(H,36,39)(H,33,34,35)/b9-8+. The molecule has 1 saturated carbocycles. The first kappa shape index (κ1) is 30.7. The molecule has 13 heteroatoms. The summed E-state index contributed by atoms with van der Waals surface area (Å²) in [5, 5.41) is 9.13. The van der Waals surface area contributed by atoms with Gasteiger partial charge in [-0.2, -0.15) is 0 Å². The lowest BCUT2D eigenvalue weighted by atomic mass is 10.1. The number of amides is 2. The fourth-order valence-corrected chi connectivity index (χ4v) is 4.09. The van der Waals surface area contributed by atoms with Gasteiger partial charge in [0.05, 0.1) is 36.5 Å². The number of ether oxygens (including phenoxy) is 2. The molecular weight excluding hydrogens is 567 g/mol. The Morgan fingerprint density at radius 3 is 2.67 bits per heavy atom. The molecule has 2 amide bonds. The van der Waals surface area contributed by atoms with Crippen LogP contribution in [0.1, 0.15) is 19.3 Å². The number of fused-ring (bicyclic) bond motifs is 1. The highest BCUT2D eigenvalue weighted by Crippen LogP contribution is 2.36.